The van der Waals surface area contributed by atoms with Crippen molar-refractivity contribution in [1.82, 2.24) is 20.5 Å². The number of allylic oxidation sites excluding steroid dienone is 1. The molecule has 0 spiro atoms. The van der Waals surface area contributed by atoms with Crippen molar-refractivity contribution in [3.63, 3.8) is 0 Å². The van der Waals surface area contributed by atoms with Crippen LogP contribution >= 0.6 is 0 Å². The zero-order valence-corrected chi connectivity index (χ0v) is 24.0. The summed E-state index contributed by atoms with van der Waals surface area (Å²) in [7, 11) is 1.27. The van der Waals surface area contributed by atoms with Gasteiger partial charge in [0.05, 0.1) is 20.3 Å². The molecule has 12 nitrogen and oxygen atoms in total. The Kier molecular flexibility index (Phi) is 9.73. The van der Waals surface area contributed by atoms with Crippen LogP contribution in [0.2, 0.25) is 0 Å². The molecule has 4 N–H and O–H groups in total. The Morgan fingerprint density at radius 3 is 2.55 bits per heavy atom. The molecule has 3 amide bonds. The van der Waals surface area contributed by atoms with E-state index in [0.717, 1.165) is 11.8 Å². The van der Waals surface area contributed by atoms with Crippen LogP contribution in [-0.2, 0) is 35.2 Å². The molecule has 228 valence electrons. The Morgan fingerprint density at radius 2 is 1.88 bits per heavy atom. The van der Waals surface area contributed by atoms with Crippen LogP contribution in [0.1, 0.15) is 44.9 Å². The summed E-state index contributed by atoms with van der Waals surface area (Å²) in [6.07, 6.45) is 10.9. The molecular formula is C30H41N5O7. The lowest BCUT2D eigenvalue weighted by atomic mass is 9.54. The molecule has 4 saturated carbocycles. The van der Waals surface area contributed by atoms with Crippen molar-refractivity contribution < 1.29 is 28.7 Å². The summed E-state index contributed by atoms with van der Waals surface area (Å²) >= 11 is 0. The fourth-order valence-corrected chi connectivity index (χ4v) is 7.31. The molecule has 0 radical (unpaired) electrons. The molecule has 1 aromatic heterocycles. The zero-order valence-electron chi connectivity index (χ0n) is 24.0. The molecule has 6 rings (SSSR count). The molecule has 5 aliphatic rings. The van der Waals surface area contributed by atoms with Gasteiger partial charge in [0, 0.05) is 24.9 Å². The molecule has 1 aromatic rings. The number of methoxy groups -OCH3 is 1. The third kappa shape index (κ3) is 7.27. The number of carbonyl (C=O) groups excluding carboxylic acids is 4. The van der Waals surface area contributed by atoms with Crippen molar-refractivity contribution in [3.05, 3.63) is 40.8 Å². The summed E-state index contributed by atoms with van der Waals surface area (Å²) in [5, 5.41) is 11.6. The van der Waals surface area contributed by atoms with Gasteiger partial charge in [-0.1, -0.05) is 6.08 Å². The van der Waals surface area contributed by atoms with Crippen molar-refractivity contribution in [2.24, 2.45) is 23.7 Å². The number of nitrogens with one attached hydrogen (secondary N) is 4. The summed E-state index contributed by atoms with van der Waals surface area (Å²) in [4.78, 5) is 63.7. The van der Waals surface area contributed by atoms with Gasteiger partial charge in [-0.05, 0) is 80.8 Å². The van der Waals surface area contributed by atoms with Crippen LogP contribution in [0.15, 0.2) is 35.3 Å². The van der Waals surface area contributed by atoms with Gasteiger partial charge in [0.2, 0.25) is 17.7 Å². The van der Waals surface area contributed by atoms with E-state index in [1.54, 1.807) is 12.1 Å². The van der Waals surface area contributed by atoms with Crippen molar-refractivity contribution in [2.75, 3.05) is 32.2 Å². The highest BCUT2D eigenvalue weighted by Gasteiger charge is 2.48. The molecular weight excluding hydrogens is 542 g/mol. The van der Waals surface area contributed by atoms with E-state index in [2.05, 4.69) is 26.0 Å². The number of aromatic nitrogens is 1. The molecule has 2 heterocycles. The van der Waals surface area contributed by atoms with Crippen LogP contribution < -0.4 is 26.8 Å². The van der Waals surface area contributed by atoms with Gasteiger partial charge in [-0.3, -0.25) is 19.2 Å². The smallest absolute Gasteiger partial charge is 0.330 e. The highest BCUT2D eigenvalue weighted by molar-refractivity contribution is 5.97. The van der Waals surface area contributed by atoms with Crippen molar-refractivity contribution in [3.8, 4) is 0 Å². The third-order valence-corrected chi connectivity index (χ3v) is 9.09. The summed E-state index contributed by atoms with van der Waals surface area (Å²) < 4.78 is 11.2. The Hall–Kier alpha value is -3.51. The third-order valence-electron chi connectivity index (χ3n) is 9.09. The molecule has 1 aliphatic heterocycles. The maximum Gasteiger partial charge on any atom is 0.330 e. The molecule has 42 heavy (non-hydrogen) atoms. The summed E-state index contributed by atoms with van der Waals surface area (Å²) in [5.41, 5.74) is -0.502. The number of rotatable bonds is 11. The van der Waals surface area contributed by atoms with E-state index in [9.17, 15) is 24.0 Å². The van der Waals surface area contributed by atoms with Gasteiger partial charge in [0.1, 0.15) is 24.3 Å². The Labute approximate surface area is 245 Å². The molecule has 4 bridgehead atoms. The first-order valence-corrected chi connectivity index (χ1v) is 15.0. The second kappa shape index (κ2) is 13.6. The maximum atomic E-state index is 13.3. The average Bonchev–Trinajstić information content (AvgIpc) is 2.98. The molecule has 5 fully saturated rings. The van der Waals surface area contributed by atoms with Crippen LogP contribution in [0, 0.1) is 23.7 Å². The lowest BCUT2D eigenvalue weighted by Gasteiger charge is -2.54. The van der Waals surface area contributed by atoms with Crippen molar-refractivity contribution >= 4 is 29.4 Å². The normalized spacial score (nSPS) is 28.7. The summed E-state index contributed by atoms with van der Waals surface area (Å²) in [6.45, 7) is 1.04. The SMILES string of the molecule is COC(=O)/C=C/CC[C@H](NC(=O)[C@H]1COCCN1)C(=O)Nc1cccn(CC(=O)NC2C3CC4CC(C3)CC2C4)c1=O. The number of ether oxygens (including phenoxy) is 2. The van der Waals surface area contributed by atoms with E-state index in [1.165, 1.54) is 62.1 Å². The number of esters is 1. The van der Waals surface area contributed by atoms with Crippen molar-refractivity contribution in [2.45, 2.75) is 69.6 Å². The summed E-state index contributed by atoms with van der Waals surface area (Å²) in [5.74, 6) is 0.929. The fourth-order valence-electron chi connectivity index (χ4n) is 7.31. The van der Waals surface area contributed by atoms with E-state index in [4.69, 9.17) is 4.74 Å². The van der Waals surface area contributed by atoms with E-state index < -0.39 is 35.4 Å². The minimum atomic E-state index is -0.989. The van der Waals surface area contributed by atoms with E-state index in [0.29, 0.717) is 31.4 Å². The highest BCUT2D eigenvalue weighted by Crippen LogP contribution is 2.53. The predicted octanol–water partition coefficient (Wildman–Crippen LogP) is 0.710. The first kappa shape index (κ1) is 30.0. The fraction of sp³-hybridized carbons (Fsp3) is 0.633. The van der Waals surface area contributed by atoms with Gasteiger partial charge < -0.3 is 35.3 Å². The molecule has 1 saturated heterocycles. The van der Waals surface area contributed by atoms with E-state index >= 15 is 0 Å². The van der Waals surface area contributed by atoms with E-state index in [1.807, 2.05) is 0 Å². The first-order valence-electron chi connectivity index (χ1n) is 15.0. The van der Waals surface area contributed by atoms with Gasteiger partial charge in [-0.25, -0.2) is 4.79 Å². The number of amides is 3. The number of pyridine rings is 1. The molecule has 0 aromatic carbocycles. The topological polar surface area (TPSA) is 157 Å². The monoisotopic (exact) mass is 583 g/mol. The Bertz CT molecular complexity index is 1230. The first-order chi connectivity index (χ1) is 20.3. The van der Waals surface area contributed by atoms with Gasteiger partial charge in [-0.15, -0.1) is 0 Å². The van der Waals surface area contributed by atoms with E-state index in [-0.39, 0.29) is 37.2 Å². The summed E-state index contributed by atoms with van der Waals surface area (Å²) in [6, 6.07) is 1.64. The number of anilines is 1. The number of nitrogens with zero attached hydrogens (tertiary/aromatic N) is 1. The Balaban J connectivity index is 1.21. The predicted molar refractivity (Wildman–Crippen MR) is 153 cm³/mol. The lowest BCUT2D eigenvalue weighted by Crippen LogP contribution is -2.56. The van der Waals surface area contributed by atoms with Crippen LogP contribution in [0.5, 0.6) is 0 Å². The molecule has 4 aliphatic carbocycles. The molecule has 0 unspecified atom stereocenters. The number of hydrogen-bond acceptors (Lipinski definition) is 8. The quantitative estimate of drug-likeness (QED) is 0.219. The second-order valence-electron chi connectivity index (χ2n) is 12.0. The van der Waals surface area contributed by atoms with Crippen LogP contribution in [-0.4, -0.2) is 73.3 Å². The number of hydrogen-bond donors (Lipinski definition) is 4. The maximum absolute atomic E-state index is 13.3. The Morgan fingerprint density at radius 1 is 1.14 bits per heavy atom. The zero-order chi connectivity index (χ0) is 29.6. The largest absolute Gasteiger partial charge is 0.466 e. The minimum Gasteiger partial charge on any atom is -0.466 e. The van der Waals surface area contributed by atoms with Gasteiger partial charge in [0.15, 0.2) is 0 Å². The van der Waals surface area contributed by atoms with Crippen molar-refractivity contribution in [1.29, 1.82) is 0 Å². The number of morpholine rings is 1. The number of carbonyl (C=O) groups is 4. The standard InChI is InChI=1S/C30H41N5O7/c1-41-26(37)7-3-2-5-22(32-29(39)24-17-42-10-8-31-24)28(38)33-23-6-4-9-35(30(23)40)16-25(36)34-27-20-12-18-11-19(14-20)15-21(27)13-18/h3-4,6-7,9,18-22,24,27,31H,2,5,8,10-17H2,1H3,(H,32,39)(H,33,38)(H,34,36)/b7-3+/t18?,19?,20?,21?,22-,24+,27?/m0/s1. The van der Waals surface area contributed by atoms with Gasteiger partial charge >= 0.3 is 5.97 Å². The van der Waals surface area contributed by atoms with Crippen LogP contribution in [0.3, 0.4) is 0 Å². The highest BCUT2D eigenvalue weighted by atomic mass is 16.5. The van der Waals surface area contributed by atoms with Crippen LogP contribution in [0.4, 0.5) is 5.69 Å². The van der Waals surface area contributed by atoms with Gasteiger partial charge in [-0.2, -0.15) is 0 Å². The minimum absolute atomic E-state index is 0.00778. The van der Waals surface area contributed by atoms with Gasteiger partial charge in [0.25, 0.3) is 5.56 Å². The molecule has 12 heteroatoms. The average molecular weight is 584 g/mol. The molecule has 2 atom stereocenters. The second-order valence-corrected chi connectivity index (χ2v) is 12.0. The van der Waals surface area contributed by atoms with Crippen LogP contribution in [0.25, 0.3) is 0 Å². The lowest BCUT2D eigenvalue weighted by molar-refractivity contribution is -0.135.